The van der Waals surface area contributed by atoms with Crippen LogP contribution in [-0.2, 0) is 10.0 Å². The molecule has 0 bridgehead atoms. The number of aromatic nitrogens is 1. The molecule has 20 heavy (non-hydrogen) atoms. The van der Waals surface area contributed by atoms with E-state index in [0.29, 0.717) is 5.56 Å². The molecule has 5 nitrogen and oxygen atoms in total. The van der Waals surface area contributed by atoms with Crippen molar-refractivity contribution in [1.29, 1.82) is 0 Å². The molecule has 1 aromatic heterocycles. The maximum atomic E-state index is 13.4. The highest BCUT2D eigenvalue weighted by molar-refractivity contribution is 7.92. The Morgan fingerprint density at radius 2 is 2.10 bits per heavy atom. The molecule has 8 heteroatoms. The fraction of sp³-hybridized carbons (Fsp3) is 0.0833. The van der Waals surface area contributed by atoms with Crippen molar-refractivity contribution in [1.82, 2.24) is 4.98 Å². The number of nitrogen functional groups attached to an aromatic ring is 1. The Morgan fingerprint density at radius 3 is 2.75 bits per heavy atom. The van der Waals surface area contributed by atoms with E-state index in [9.17, 15) is 12.8 Å². The zero-order chi connectivity index (χ0) is 14.9. The van der Waals surface area contributed by atoms with Gasteiger partial charge in [0.1, 0.15) is 0 Å². The van der Waals surface area contributed by atoms with Crippen LogP contribution in [0.15, 0.2) is 35.5 Å². The summed E-state index contributed by atoms with van der Waals surface area (Å²) in [6.07, 6.45) is 2.20. The van der Waals surface area contributed by atoms with Crippen LogP contribution in [0.4, 0.5) is 15.8 Å². The van der Waals surface area contributed by atoms with Gasteiger partial charge in [-0.25, -0.2) is 12.8 Å². The van der Waals surface area contributed by atoms with Crippen LogP contribution in [-0.4, -0.2) is 13.4 Å². The Bertz CT molecular complexity index is 765. The number of nitrogens with one attached hydrogen (secondary N) is 1. The second kappa shape index (κ2) is 5.26. The van der Waals surface area contributed by atoms with Gasteiger partial charge in [0.2, 0.25) is 0 Å². The first-order valence-electron chi connectivity index (χ1n) is 5.49. The van der Waals surface area contributed by atoms with Crippen LogP contribution in [0.25, 0.3) is 0 Å². The number of pyridine rings is 1. The van der Waals surface area contributed by atoms with E-state index in [1.807, 2.05) is 0 Å². The summed E-state index contributed by atoms with van der Waals surface area (Å²) in [5.74, 6) is -0.768. The van der Waals surface area contributed by atoms with E-state index in [1.54, 1.807) is 6.92 Å². The van der Waals surface area contributed by atoms with Crippen molar-refractivity contribution in [2.75, 3.05) is 10.5 Å². The highest BCUT2D eigenvalue weighted by Gasteiger charge is 2.20. The lowest BCUT2D eigenvalue weighted by atomic mass is 10.2. The topological polar surface area (TPSA) is 85.1 Å². The molecule has 3 N–H and O–H groups in total. The summed E-state index contributed by atoms with van der Waals surface area (Å²) in [5, 5.41) is 0.261. The quantitative estimate of drug-likeness (QED) is 0.852. The summed E-state index contributed by atoms with van der Waals surface area (Å²) < 4.78 is 40.1. The number of hydrogen-bond donors (Lipinski definition) is 2. The molecule has 0 saturated carbocycles. The van der Waals surface area contributed by atoms with Crippen molar-refractivity contribution >= 4 is 33.0 Å². The van der Waals surface area contributed by atoms with Gasteiger partial charge in [0.25, 0.3) is 10.0 Å². The summed E-state index contributed by atoms with van der Waals surface area (Å²) in [6.45, 7) is 1.57. The van der Waals surface area contributed by atoms with E-state index < -0.39 is 15.8 Å². The van der Waals surface area contributed by atoms with Crippen LogP contribution in [0.1, 0.15) is 5.56 Å². The maximum absolute atomic E-state index is 13.4. The van der Waals surface area contributed by atoms with Gasteiger partial charge in [0.15, 0.2) is 5.82 Å². The molecule has 0 radical (unpaired) electrons. The number of halogens is 2. The van der Waals surface area contributed by atoms with Gasteiger partial charge in [-0.2, -0.15) is 0 Å². The number of aryl methyl sites for hydroxylation is 1. The van der Waals surface area contributed by atoms with Gasteiger partial charge in [-0.1, -0.05) is 11.6 Å². The van der Waals surface area contributed by atoms with E-state index in [4.69, 9.17) is 17.3 Å². The van der Waals surface area contributed by atoms with E-state index >= 15 is 0 Å². The summed E-state index contributed by atoms with van der Waals surface area (Å²) in [5.41, 5.74) is 5.95. The van der Waals surface area contributed by atoms with Gasteiger partial charge in [-0.3, -0.25) is 9.71 Å². The Balaban J connectivity index is 2.47. The molecule has 2 rings (SSSR count). The molecule has 1 aromatic carbocycles. The second-order valence-electron chi connectivity index (χ2n) is 4.10. The minimum atomic E-state index is -3.96. The Hall–Kier alpha value is -1.86. The first kappa shape index (κ1) is 14.5. The predicted molar refractivity (Wildman–Crippen MR) is 75.6 cm³/mol. The van der Waals surface area contributed by atoms with Gasteiger partial charge in [-0.05, 0) is 30.7 Å². The van der Waals surface area contributed by atoms with Crippen molar-refractivity contribution in [3.8, 4) is 0 Å². The summed E-state index contributed by atoms with van der Waals surface area (Å²) in [4.78, 5) is 3.48. The Morgan fingerprint density at radius 1 is 1.40 bits per heavy atom. The van der Waals surface area contributed by atoms with Crippen molar-refractivity contribution in [3.63, 3.8) is 0 Å². The monoisotopic (exact) mass is 315 g/mol. The molecular formula is C12H11ClFN3O2S. The minimum Gasteiger partial charge on any atom is -0.397 e. The lowest BCUT2D eigenvalue weighted by Gasteiger charge is -2.12. The van der Waals surface area contributed by atoms with Crippen molar-refractivity contribution in [2.24, 2.45) is 0 Å². The van der Waals surface area contributed by atoms with E-state index in [2.05, 4.69) is 9.71 Å². The number of rotatable bonds is 3. The smallest absolute Gasteiger partial charge is 0.262 e. The van der Waals surface area contributed by atoms with Gasteiger partial charge in [0.05, 0.1) is 27.5 Å². The van der Waals surface area contributed by atoms with Crippen LogP contribution >= 0.6 is 11.6 Å². The zero-order valence-corrected chi connectivity index (χ0v) is 12.0. The Labute approximate surface area is 120 Å². The first-order valence-corrected chi connectivity index (χ1v) is 7.35. The van der Waals surface area contributed by atoms with Crippen molar-refractivity contribution in [3.05, 3.63) is 47.0 Å². The minimum absolute atomic E-state index is 0.0596. The van der Waals surface area contributed by atoms with Crippen LogP contribution < -0.4 is 10.5 Å². The molecular weight excluding hydrogens is 305 g/mol. The molecule has 0 spiro atoms. The average molecular weight is 316 g/mol. The molecule has 2 aromatic rings. The lowest BCUT2D eigenvalue weighted by molar-refractivity contribution is 0.597. The number of hydrogen-bond acceptors (Lipinski definition) is 4. The van der Waals surface area contributed by atoms with E-state index in [-0.39, 0.29) is 21.3 Å². The third-order valence-corrected chi connectivity index (χ3v) is 4.44. The molecule has 0 unspecified atom stereocenters. The van der Waals surface area contributed by atoms with E-state index in [1.165, 1.54) is 24.4 Å². The molecule has 0 saturated heterocycles. The number of nitrogens with two attached hydrogens (primary N) is 1. The lowest BCUT2D eigenvalue weighted by Crippen LogP contribution is -2.15. The highest BCUT2D eigenvalue weighted by atomic mass is 35.5. The number of sulfonamides is 1. The van der Waals surface area contributed by atoms with Gasteiger partial charge >= 0.3 is 0 Å². The molecule has 0 amide bonds. The standard InChI is InChI=1S/C12H11ClFN3O2S/c1-7-4-8(13)10(15)5-12(7)20(18,19)17-11-2-3-16-6-9(11)14/h2-6H,15H2,1H3,(H,16,17). The third kappa shape index (κ3) is 2.83. The van der Waals surface area contributed by atoms with Gasteiger partial charge in [0, 0.05) is 6.20 Å². The molecule has 0 aliphatic carbocycles. The predicted octanol–water partition coefficient (Wildman–Crippen LogP) is 2.57. The third-order valence-electron chi connectivity index (χ3n) is 2.60. The SMILES string of the molecule is Cc1cc(Cl)c(N)cc1S(=O)(=O)Nc1ccncc1F. The van der Waals surface area contributed by atoms with Crippen LogP contribution in [0.5, 0.6) is 0 Å². The maximum Gasteiger partial charge on any atom is 0.262 e. The highest BCUT2D eigenvalue weighted by Crippen LogP contribution is 2.27. The van der Waals surface area contributed by atoms with Crippen molar-refractivity contribution < 1.29 is 12.8 Å². The molecule has 0 atom stereocenters. The Kier molecular flexibility index (Phi) is 3.82. The van der Waals surface area contributed by atoms with Gasteiger partial charge in [-0.15, -0.1) is 0 Å². The van der Waals surface area contributed by atoms with E-state index in [0.717, 1.165) is 6.20 Å². The van der Waals surface area contributed by atoms with Crippen LogP contribution in [0, 0.1) is 12.7 Å². The average Bonchev–Trinajstić information content (AvgIpc) is 2.36. The summed E-state index contributed by atoms with van der Waals surface area (Å²) in [6, 6.07) is 3.90. The van der Waals surface area contributed by atoms with Crippen molar-refractivity contribution in [2.45, 2.75) is 11.8 Å². The number of benzene rings is 1. The molecule has 106 valence electrons. The number of nitrogens with zero attached hydrogens (tertiary/aromatic N) is 1. The summed E-state index contributed by atoms with van der Waals surface area (Å²) in [7, 11) is -3.96. The molecule has 0 fully saturated rings. The molecule has 1 heterocycles. The molecule has 0 aliphatic rings. The van der Waals surface area contributed by atoms with Crippen LogP contribution in [0.3, 0.4) is 0 Å². The fourth-order valence-electron chi connectivity index (χ4n) is 1.62. The molecule has 0 aliphatic heterocycles. The zero-order valence-electron chi connectivity index (χ0n) is 10.4. The summed E-state index contributed by atoms with van der Waals surface area (Å²) >= 11 is 5.81. The normalized spacial score (nSPS) is 11.3. The van der Waals surface area contributed by atoms with Crippen LogP contribution in [0.2, 0.25) is 5.02 Å². The van der Waals surface area contributed by atoms with Gasteiger partial charge < -0.3 is 5.73 Å². The fourth-order valence-corrected chi connectivity index (χ4v) is 3.16. The number of anilines is 2. The first-order chi connectivity index (χ1) is 9.31. The largest absolute Gasteiger partial charge is 0.397 e. The second-order valence-corrected chi connectivity index (χ2v) is 6.16.